The highest BCUT2D eigenvalue weighted by Gasteiger charge is 2.14. The minimum absolute atomic E-state index is 0.455. The van der Waals surface area contributed by atoms with Crippen molar-refractivity contribution in [1.82, 2.24) is 9.55 Å². The van der Waals surface area contributed by atoms with Crippen LogP contribution in [0, 0.1) is 0 Å². The zero-order valence-corrected chi connectivity index (χ0v) is 11.6. The monoisotopic (exact) mass is 278 g/mol. The molecule has 0 radical (unpaired) electrons. The highest BCUT2D eigenvalue weighted by Crippen LogP contribution is 2.26. The highest BCUT2D eigenvalue weighted by molar-refractivity contribution is 7.98. The molecule has 2 rings (SSSR count). The summed E-state index contributed by atoms with van der Waals surface area (Å²) in [6.07, 6.45) is 3.63. The molecule has 1 aromatic heterocycles. The normalized spacial score (nSPS) is 10.5. The Morgan fingerprint density at radius 1 is 1.42 bits per heavy atom. The maximum atomic E-state index is 9.20. The first-order valence-corrected chi connectivity index (χ1v) is 6.73. The molecule has 0 spiro atoms. The molecule has 0 fully saturated rings. The second-order valence-corrected chi connectivity index (χ2v) is 5.00. The Morgan fingerprint density at radius 2 is 2.21 bits per heavy atom. The molecule has 0 aliphatic carbocycles. The van der Waals surface area contributed by atoms with Crippen molar-refractivity contribution in [3.05, 3.63) is 36.2 Å². The summed E-state index contributed by atoms with van der Waals surface area (Å²) in [5, 5.41) is 19.3. The Balaban J connectivity index is 2.18. The molecule has 2 aromatic rings. The maximum absolute atomic E-state index is 9.20. The van der Waals surface area contributed by atoms with Crippen LogP contribution in [0.5, 0.6) is 5.75 Å². The number of imidazole rings is 1. The van der Waals surface area contributed by atoms with Gasteiger partial charge in [-0.3, -0.25) is 0 Å². The van der Waals surface area contributed by atoms with E-state index in [1.165, 1.54) is 0 Å². The zero-order chi connectivity index (χ0) is 13.8. The number of hydrogen-bond donors (Lipinski definition) is 2. The first-order valence-electron chi connectivity index (χ1n) is 5.75. The van der Waals surface area contributed by atoms with Crippen LogP contribution in [0.3, 0.4) is 0 Å². The Morgan fingerprint density at radius 3 is 2.79 bits per heavy atom. The van der Waals surface area contributed by atoms with Gasteiger partial charge in [0, 0.05) is 30.8 Å². The summed E-state index contributed by atoms with van der Waals surface area (Å²) in [6.45, 7) is 0. The molecular weight excluding hydrogens is 263 g/mol. The van der Waals surface area contributed by atoms with Crippen LogP contribution in [0.25, 0.3) is 0 Å². The van der Waals surface area contributed by atoms with E-state index in [0.29, 0.717) is 11.2 Å². The van der Waals surface area contributed by atoms with E-state index >= 15 is 0 Å². The molecular formula is C12H15BN2O3S. The van der Waals surface area contributed by atoms with E-state index in [2.05, 4.69) is 4.98 Å². The third-order valence-electron chi connectivity index (χ3n) is 2.74. The summed E-state index contributed by atoms with van der Waals surface area (Å²) in [5.41, 5.74) is 1.36. The third-order valence-corrected chi connectivity index (χ3v) is 3.84. The van der Waals surface area contributed by atoms with E-state index in [-0.39, 0.29) is 0 Å². The van der Waals surface area contributed by atoms with E-state index in [9.17, 15) is 10.0 Å². The molecule has 0 aliphatic rings. The van der Waals surface area contributed by atoms with E-state index in [0.717, 1.165) is 16.5 Å². The number of thioether (sulfide) groups is 1. The van der Waals surface area contributed by atoms with Crippen LogP contribution in [0.4, 0.5) is 0 Å². The van der Waals surface area contributed by atoms with Crippen molar-refractivity contribution in [1.29, 1.82) is 0 Å². The van der Waals surface area contributed by atoms with Crippen molar-refractivity contribution in [3.8, 4) is 5.75 Å². The lowest BCUT2D eigenvalue weighted by atomic mass is 9.79. The minimum atomic E-state index is -1.47. The van der Waals surface area contributed by atoms with Gasteiger partial charge in [0.1, 0.15) is 5.75 Å². The number of nitrogens with zero attached hydrogens (tertiary/aromatic N) is 2. The lowest BCUT2D eigenvalue weighted by Gasteiger charge is -2.10. The Labute approximate surface area is 116 Å². The zero-order valence-electron chi connectivity index (χ0n) is 10.8. The lowest BCUT2D eigenvalue weighted by molar-refractivity contribution is 0.410. The van der Waals surface area contributed by atoms with Gasteiger partial charge in [-0.25, -0.2) is 4.98 Å². The Bertz CT molecular complexity index is 560. The molecule has 2 N–H and O–H groups in total. The van der Waals surface area contributed by atoms with Crippen molar-refractivity contribution >= 4 is 24.3 Å². The summed E-state index contributed by atoms with van der Waals surface area (Å²) in [4.78, 5) is 4.23. The Hall–Kier alpha value is -1.44. The predicted octanol–water partition coefficient (Wildman–Crippen LogP) is 0.401. The molecule has 1 heterocycles. The molecule has 0 amide bonds. The van der Waals surface area contributed by atoms with E-state index in [1.54, 1.807) is 43.3 Å². The van der Waals surface area contributed by atoms with Crippen molar-refractivity contribution in [2.75, 3.05) is 7.11 Å². The lowest BCUT2D eigenvalue weighted by Crippen LogP contribution is -2.30. The molecule has 0 saturated heterocycles. The van der Waals surface area contributed by atoms with Crippen LogP contribution in [0.2, 0.25) is 0 Å². The molecule has 0 aliphatic heterocycles. The van der Waals surface area contributed by atoms with Crippen molar-refractivity contribution in [3.63, 3.8) is 0 Å². The van der Waals surface area contributed by atoms with Gasteiger partial charge in [-0.1, -0.05) is 23.9 Å². The average Bonchev–Trinajstić information content (AvgIpc) is 2.81. The van der Waals surface area contributed by atoms with Gasteiger partial charge in [-0.2, -0.15) is 0 Å². The second kappa shape index (κ2) is 6.14. The number of aryl methyl sites for hydroxylation is 1. The Kier molecular flexibility index (Phi) is 4.52. The first-order chi connectivity index (χ1) is 9.11. The fourth-order valence-corrected chi connectivity index (χ4v) is 2.62. The van der Waals surface area contributed by atoms with Crippen molar-refractivity contribution < 1.29 is 14.8 Å². The number of hydrogen-bond acceptors (Lipinski definition) is 5. The van der Waals surface area contributed by atoms with Crippen LogP contribution >= 0.6 is 11.8 Å². The summed E-state index contributed by atoms with van der Waals surface area (Å²) in [5.74, 6) is 1.38. The third kappa shape index (κ3) is 3.31. The molecule has 5 nitrogen and oxygen atoms in total. The van der Waals surface area contributed by atoms with Crippen molar-refractivity contribution in [2.45, 2.75) is 10.9 Å². The quantitative estimate of drug-likeness (QED) is 0.612. The van der Waals surface area contributed by atoms with E-state index in [1.807, 2.05) is 17.8 Å². The van der Waals surface area contributed by atoms with Gasteiger partial charge in [0.05, 0.1) is 7.11 Å². The number of rotatable bonds is 5. The molecule has 7 heteroatoms. The molecule has 19 heavy (non-hydrogen) atoms. The summed E-state index contributed by atoms with van der Waals surface area (Å²) >= 11 is 1.57. The molecule has 100 valence electrons. The minimum Gasteiger partial charge on any atom is -0.496 e. The largest absolute Gasteiger partial charge is 0.496 e. The first kappa shape index (κ1) is 14.0. The van der Waals surface area contributed by atoms with E-state index in [4.69, 9.17) is 4.74 Å². The number of methoxy groups -OCH3 is 1. The van der Waals surface area contributed by atoms with Gasteiger partial charge in [-0.15, -0.1) is 0 Å². The molecule has 0 saturated carbocycles. The van der Waals surface area contributed by atoms with Gasteiger partial charge in [0.2, 0.25) is 0 Å². The molecule has 0 unspecified atom stereocenters. The summed E-state index contributed by atoms with van der Waals surface area (Å²) < 4.78 is 7.21. The molecule has 0 atom stereocenters. The summed E-state index contributed by atoms with van der Waals surface area (Å²) in [6, 6.07) is 5.11. The van der Waals surface area contributed by atoms with Crippen LogP contribution in [-0.4, -0.2) is 33.8 Å². The number of aromatic nitrogens is 2. The highest BCUT2D eigenvalue weighted by atomic mass is 32.2. The van der Waals surface area contributed by atoms with Gasteiger partial charge in [0.15, 0.2) is 5.16 Å². The molecule has 0 bridgehead atoms. The number of benzene rings is 1. The van der Waals surface area contributed by atoms with Crippen LogP contribution in [-0.2, 0) is 12.8 Å². The van der Waals surface area contributed by atoms with Gasteiger partial charge in [0.25, 0.3) is 0 Å². The van der Waals surface area contributed by atoms with Crippen molar-refractivity contribution in [2.24, 2.45) is 7.05 Å². The smallest absolute Gasteiger partial charge is 0.488 e. The van der Waals surface area contributed by atoms with Gasteiger partial charge >= 0.3 is 7.12 Å². The van der Waals surface area contributed by atoms with Crippen LogP contribution in [0.15, 0.2) is 35.7 Å². The average molecular weight is 278 g/mol. The molecule has 1 aromatic carbocycles. The van der Waals surface area contributed by atoms with E-state index < -0.39 is 7.12 Å². The fraction of sp³-hybridized carbons (Fsp3) is 0.250. The number of ether oxygens (including phenoxy) is 1. The topological polar surface area (TPSA) is 67.5 Å². The standard InChI is InChI=1S/C12H15BN2O3S/c1-15-6-5-14-12(15)19-8-9-7-10(13(16)17)3-4-11(9)18-2/h3-7,16-17H,8H2,1-2H3. The van der Waals surface area contributed by atoms with Gasteiger partial charge in [-0.05, 0) is 11.5 Å². The van der Waals surface area contributed by atoms with Crippen LogP contribution < -0.4 is 10.2 Å². The fourth-order valence-electron chi connectivity index (χ4n) is 1.71. The summed E-state index contributed by atoms with van der Waals surface area (Å²) in [7, 11) is 2.06. The van der Waals surface area contributed by atoms with Gasteiger partial charge < -0.3 is 19.4 Å². The second-order valence-electron chi connectivity index (χ2n) is 4.05. The maximum Gasteiger partial charge on any atom is 0.488 e. The SMILES string of the molecule is COc1ccc(B(O)O)cc1CSc1nccn1C. The predicted molar refractivity (Wildman–Crippen MR) is 75.6 cm³/mol. The van der Waals surface area contributed by atoms with Crippen LogP contribution in [0.1, 0.15) is 5.56 Å².